The Balaban J connectivity index is 2.39. The van der Waals surface area contributed by atoms with Gasteiger partial charge in [-0.3, -0.25) is 0 Å². The van der Waals surface area contributed by atoms with Gasteiger partial charge in [-0.15, -0.1) is 0 Å². The van der Waals surface area contributed by atoms with E-state index in [2.05, 4.69) is 5.32 Å². The first-order valence-electron chi connectivity index (χ1n) is 4.97. The minimum atomic E-state index is 0.536. The molecule has 1 rings (SSSR count). The standard InChI is InChI=1S/C11H16N2OS/c1-2-14-10-5-3-9(4-6-10)13-8-7-11(12)15/h3-6,13H,2,7-8H2,1H3,(H2,12,15). The minimum absolute atomic E-state index is 0.536. The first-order chi connectivity index (χ1) is 7.22. The van der Waals surface area contributed by atoms with E-state index in [9.17, 15) is 0 Å². The molecule has 3 nitrogen and oxygen atoms in total. The molecule has 0 atom stereocenters. The lowest BCUT2D eigenvalue weighted by atomic mass is 10.3. The molecule has 82 valence electrons. The van der Waals surface area contributed by atoms with E-state index in [0.717, 1.165) is 18.0 Å². The second kappa shape index (κ2) is 6.24. The Kier molecular flexibility index (Phi) is 4.90. The van der Waals surface area contributed by atoms with Gasteiger partial charge < -0.3 is 15.8 Å². The molecule has 0 bridgehead atoms. The van der Waals surface area contributed by atoms with Crippen molar-refractivity contribution in [1.29, 1.82) is 0 Å². The molecule has 0 saturated heterocycles. The molecule has 4 heteroatoms. The molecule has 0 spiro atoms. The van der Waals surface area contributed by atoms with Crippen LogP contribution >= 0.6 is 12.2 Å². The van der Waals surface area contributed by atoms with Crippen molar-refractivity contribution in [2.45, 2.75) is 13.3 Å². The van der Waals surface area contributed by atoms with Crippen LogP contribution in [0, 0.1) is 0 Å². The highest BCUT2D eigenvalue weighted by molar-refractivity contribution is 7.80. The number of ether oxygens (including phenoxy) is 1. The molecule has 0 amide bonds. The molecule has 0 radical (unpaired) electrons. The van der Waals surface area contributed by atoms with Crippen LogP contribution in [-0.2, 0) is 0 Å². The summed E-state index contributed by atoms with van der Waals surface area (Å²) in [5.74, 6) is 0.886. The normalized spacial score (nSPS) is 9.67. The summed E-state index contributed by atoms with van der Waals surface area (Å²) in [6, 6.07) is 7.83. The zero-order valence-corrected chi connectivity index (χ0v) is 9.64. The van der Waals surface area contributed by atoms with Crippen LogP contribution in [0.4, 0.5) is 5.69 Å². The maximum Gasteiger partial charge on any atom is 0.119 e. The third kappa shape index (κ3) is 4.65. The molecule has 0 saturated carbocycles. The van der Waals surface area contributed by atoms with Gasteiger partial charge in [0.15, 0.2) is 0 Å². The molecule has 0 fully saturated rings. The van der Waals surface area contributed by atoms with Crippen LogP contribution in [0.15, 0.2) is 24.3 Å². The fourth-order valence-electron chi connectivity index (χ4n) is 1.17. The van der Waals surface area contributed by atoms with Crippen molar-refractivity contribution >= 4 is 22.9 Å². The van der Waals surface area contributed by atoms with Crippen molar-refractivity contribution in [3.05, 3.63) is 24.3 Å². The second-order valence-electron chi connectivity index (χ2n) is 3.10. The third-order valence-electron chi connectivity index (χ3n) is 1.87. The monoisotopic (exact) mass is 224 g/mol. The Morgan fingerprint density at radius 3 is 2.60 bits per heavy atom. The molecule has 0 aromatic heterocycles. The first kappa shape index (κ1) is 11.8. The zero-order chi connectivity index (χ0) is 11.1. The molecule has 0 unspecified atom stereocenters. The summed E-state index contributed by atoms with van der Waals surface area (Å²) in [6.07, 6.45) is 0.711. The van der Waals surface area contributed by atoms with Crippen molar-refractivity contribution < 1.29 is 4.74 Å². The van der Waals surface area contributed by atoms with Crippen molar-refractivity contribution in [1.82, 2.24) is 0 Å². The van der Waals surface area contributed by atoms with Crippen LogP contribution < -0.4 is 15.8 Å². The maximum absolute atomic E-state index is 5.39. The van der Waals surface area contributed by atoms with Crippen molar-refractivity contribution in [2.24, 2.45) is 5.73 Å². The van der Waals surface area contributed by atoms with Crippen LogP contribution in [0.25, 0.3) is 0 Å². The molecule has 0 aliphatic carbocycles. The minimum Gasteiger partial charge on any atom is -0.494 e. The summed E-state index contributed by atoms with van der Waals surface area (Å²) in [6.45, 7) is 3.42. The van der Waals surface area contributed by atoms with Crippen LogP contribution in [-0.4, -0.2) is 18.1 Å². The average Bonchev–Trinajstić information content (AvgIpc) is 2.20. The van der Waals surface area contributed by atoms with E-state index in [0.29, 0.717) is 18.0 Å². The van der Waals surface area contributed by atoms with E-state index >= 15 is 0 Å². The largest absolute Gasteiger partial charge is 0.494 e. The Bertz CT molecular complexity index is 311. The fraction of sp³-hybridized carbons (Fsp3) is 0.364. The second-order valence-corrected chi connectivity index (χ2v) is 3.62. The molecular formula is C11H16N2OS. The molecular weight excluding hydrogens is 208 g/mol. The summed E-state index contributed by atoms with van der Waals surface area (Å²) in [4.78, 5) is 0.536. The van der Waals surface area contributed by atoms with E-state index < -0.39 is 0 Å². The van der Waals surface area contributed by atoms with Gasteiger partial charge in [-0.1, -0.05) is 12.2 Å². The summed E-state index contributed by atoms with van der Waals surface area (Å²) in [5.41, 5.74) is 6.44. The number of anilines is 1. The fourth-order valence-corrected chi connectivity index (χ4v) is 1.27. The highest BCUT2D eigenvalue weighted by Gasteiger charge is 1.94. The van der Waals surface area contributed by atoms with E-state index in [4.69, 9.17) is 22.7 Å². The van der Waals surface area contributed by atoms with Gasteiger partial charge in [0.25, 0.3) is 0 Å². The van der Waals surface area contributed by atoms with E-state index in [1.54, 1.807) is 0 Å². The molecule has 0 aliphatic rings. The zero-order valence-electron chi connectivity index (χ0n) is 8.82. The molecule has 0 heterocycles. The van der Waals surface area contributed by atoms with Crippen LogP contribution in [0.2, 0.25) is 0 Å². The van der Waals surface area contributed by atoms with Gasteiger partial charge in [0.2, 0.25) is 0 Å². The lowest BCUT2D eigenvalue weighted by Gasteiger charge is -2.07. The smallest absolute Gasteiger partial charge is 0.119 e. The summed E-state index contributed by atoms with van der Waals surface area (Å²) in [5, 5.41) is 3.22. The van der Waals surface area contributed by atoms with E-state index in [1.165, 1.54) is 0 Å². The predicted molar refractivity (Wildman–Crippen MR) is 67.5 cm³/mol. The molecule has 3 N–H and O–H groups in total. The van der Waals surface area contributed by atoms with Crippen molar-refractivity contribution in [3.63, 3.8) is 0 Å². The van der Waals surface area contributed by atoms with Gasteiger partial charge in [0.05, 0.1) is 11.6 Å². The number of hydrogen-bond donors (Lipinski definition) is 2. The van der Waals surface area contributed by atoms with Crippen LogP contribution in [0.3, 0.4) is 0 Å². The third-order valence-corrected chi connectivity index (χ3v) is 2.07. The van der Waals surface area contributed by atoms with Gasteiger partial charge in [-0.25, -0.2) is 0 Å². The highest BCUT2D eigenvalue weighted by Crippen LogP contribution is 2.15. The van der Waals surface area contributed by atoms with E-state index in [-0.39, 0.29) is 0 Å². The number of rotatable bonds is 6. The summed E-state index contributed by atoms with van der Waals surface area (Å²) in [7, 11) is 0. The number of hydrogen-bond acceptors (Lipinski definition) is 3. The number of thiocarbonyl (C=S) groups is 1. The number of nitrogens with one attached hydrogen (secondary N) is 1. The number of nitrogens with two attached hydrogens (primary N) is 1. The van der Waals surface area contributed by atoms with Gasteiger partial charge in [-0.2, -0.15) is 0 Å². The molecule has 1 aromatic carbocycles. The van der Waals surface area contributed by atoms with E-state index in [1.807, 2.05) is 31.2 Å². The predicted octanol–water partition coefficient (Wildman–Crippen LogP) is 2.17. The van der Waals surface area contributed by atoms with Gasteiger partial charge in [0, 0.05) is 18.7 Å². The Labute approximate surface area is 95.6 Å². The van der Waals surface area contributed by atoms with Crippen LogP contribution in [0.1, 0.15) is 13.3 Å². The number of benzene rings is 1. The van der Waals surface area contributed by atoms with Gasteiger partial charge in [-0.05, 0) is 31.2 Å². The topological polar surface area (TPSA) is 47.3 Å². The quantitative estimate of drug-likeness (QED) is 0.727. The summed E-state index contributed by atoms with van der Waals surface area (Å²) >= 11 is 4.78. The highest BCUT2D eigenvalue weighted by atomic mass is 32.1. The SMILES string of the molecule is CCOc1ccc(NCCC(N)=S)cc1. The lowest BCUT2D eigenvalue weighted by Crippen LogP contribution is -2.13. The van der Waals surface area contributed by atoms with Crippen molar-refractivity contribution in [3.8, 4) is 5.75 Å². The Morgan fingerprint density at radius 2 is 2.07 bits per heavy atom. The Hall–Kier alpha value is -1.29. The average molecular weight is 224 g/mol. The first-order valence-corrected chi connectivity index (χ1v) is 5.38. The molecule has 1 aromatic rings. The Morgan fingerprint density at radius 1 is 1.40 bits per heavy atom. The van der Waals surface area contributed by atoms with Gasteiger partial charge >= 0.3 is 0 Å². The van der Waals surface area contributed by atoms with Crippen molar-refractivity contribution in [2.75, 3.05) is 18.5 Å². The maximum atomic E-state index is 5.39. The lowest BCUT2D eigenvalue weighted by molar-refractivity contribution is 0.340. The van der Waals surface area contributed by atoms with Crippen LogP contribution in [0.5, 0.6) is 5.75 Å². The van der Waals surface area contributed by atoms with Gasteiger partial charge in [0.1, 0.15) is 5.75 Å². The molecule has 0 aliphatic heterocycles. The molecule has 15 heavy (non-hydrogen) atoms. The summed E-state index contributed by atoms with van der Waals surface area (Å²) < 4.78 is 5.33.